The number of aromatic nitrogens is 2. The Morgan fingerprint density at radius 3 is 2.81 bits per heavy atom. The van der Waals surface area contributed by atoms with Crippen LogP contribution in [0, 0.1) is 5.92 Å². The SMILES string of the molecule is Cn1nc([C@H]2CN(C(=O)C3CCC3)CCO2)cc1CCOc1cccc(C(F)(F)F)c1. The number of amides is 1. The van der Waals surface area contributed by atoms with Crippen LogP contribution in [0.4, 0.5) is 13.2 Å². The maximum Gasteiger partial charge on any atom is 0.416 e. The summed E-state index contributed by atoms with van der Waals surface area (Å²) in [6.07, 6.45) is -1.12. The van der Waals surface area contributed by atoms with Crippen LogP contribution in [-0.4, -0.2) is 46.9 Å². The number of benzene rings is 1. The lowest BCUT2D eigenvalue weighted by atomic mass is 9.84. The highest BCUT2D eigenvalue weighted by Crippen LogP contribution is 2.32. The Balaban J connectivity index is 1.34. The van der Waals surface area contributed by atoms with E-state index in [1.807, 2.05) is 18.0 Å². The van der Waals surface area contributed by atoms with Crippen molar-refractivity contribution in [2.45, 2.75) is 38.0 Å². The normalized spacial score (nSPS) is 19.9. The molecule has 0 unspecified atom stereocenters. The third-order valence-corrected chi connectivity index (χ3v) is 5.95. The summed E-state index contributed by atoms with van der Waals surface area (Å²) in [6, 6.07) is 6.77. The second-order valence-electron chi connectivity index (χ2n) is 8.08. The van der Waals surface area contributed by atoms with Crippen LogP contribution in [0.5, 0.6) is 5.75 Å². The minimum Gasteiger partial charge on any atom is -0.493 e. The average molecular weight is 437 g/mol. The molecule has 1 aromatic heterocycles. The molecule has 1 saturated carbocycles. The second-order valence-corrected chi connectivity index (χ2v) is 8.08. The largest absolute Gasteiger partial charge is 0.493 e. The molecule has 0 radical (unpaired) electrons. The first-order valence-electron chi connectivity index (χ1n) is 10.5. The van der Waals surface area contributed by atoms with Crippen molar-refractivity contribution in [3.8, 4) is 5.75 Å². The molecule has 0 spiro atoms. The van der Waals surface area contributed by atoms with Crippen LogP contribution in [0.25, 0.3) is 0 Å². The van der Waals surface area contributed by atoms with Gasteiger partial charge in [0.2, 0.25) is 5.91 Å². The first-order chi connectivity index (χ1) is 14.8. The van der Waals surface area contributed by atoms with Crippen molar-refractivity contribution in [2.24, 2.45) is 13.0 Å². The molecule has 1 atom stereocenters. The lowest BCUT2D eigenvalue weighted by molar-refractivity contribution is -0.146. The Morgan fingerprint density at radius 2 is 2.10 bits per heavy atom. The number of alkyl halides is 3. The van der Waals surface area contributed by atoms with Gasteiger partial charge in [-0.25, -0.2) is 0 Å². The fourth-order valence-corrected chi connectivity index (χ4v) is 3.90. The number of aryl methyl sites for hydroxylation is 1. The maximum absolute atomic E-state index is 12.8. The predicted molar refractivity (Wildman–Crippen MR) is 106 cm³/mol. The van der Waals surface area contributed by atoms with Gasteiger partial charge in [-0.1, -0.05) is 12.5 Å². The van der Waals surface area contributed by atoms with Crippen molar-refractivity contribution in [1.82, 2.24) is 14.7 Å². The van der Waals surface area contributed by atoms with Crippen LogP contribution in [0.15, 0.2) is 30.3 Å². The molecule has 2 fully saturated rings. The molecule has 1 amide bonds. The van der Waals surface area contributed by atoms with E-state index >= 15 is 0 Å². The molecule has 1 aromatic carbocycles. The van der Waals surface area contributed by atoms with Gasteiger partial charge in [0.05, 0.1) is 31.0 Å². The first-order valence-corrected chi connectivity index (χ1v) is 10.5. The summed E-state index contributed by atoms with van der Waals surface area (Å²) >= 11 is 0. The zero-order valence-corrected chi connectivity index (χ0v) is 17.4. The third kappa shape index (κ3) is 5.03. The van der Waals surface area contributed by atoms with Gasteiger partial charge < -0.3 is 14.4 Å². The molecule has 168 valence electrons. The molecule has 1 saturated heterocycles. The van der Waals surface area contributed by atoms with E-state index in [9.17, 15) is 18.0 Å². The number of morpholine rings is 1. The fourth-order valence-electron chi connectivity index (χ4n) is 3.90. The number of halogens is 3. The zero-order valence-electron chi connectivity index (χ0n) is 17.4. The van der Waals surface area contributed by atoms with E-state index in [0.717, 1.165) is 42.8 Å². The molecule has 6 nitrogen and oxygen atoms in total. The van der Waals surface area contributed by atoms with Crippen molar-refractivity contribution in [1.29, 1.82) is 0 Å². The van der Waals surface area contributed by atoms with Gasteiger partial charge in [-0.2, -0.15) is 18.3 Å². The number of ether oxygens (including phenoxy) is 2. The highest BCUT2D eigenvalue weighted by molar-refractivity contribution is 5.79. The summed E-state index contributed by atoms with van der Waals surface area (Å²) in [7, 11) is 1.81. The minimum atomic E-state index is -4.40. The van der Waals surface area contributed by atoms with Crippen molar-refractivity contribution in [3.63, 3.8) is 0 Å². The van der Waals surface area contributed by atoms with Gasteiger partial charge in [-0.3, -0.25) is 9.48 Å². The Hall–Kier alpha value is -2.55. The topological polar surface area (TPSA) is 56.6 Å². The summed E-state index contributed by atoms with van der Waals surface area (Å²) < 4.78 is 51.6. The van der Waals surface area contributed by atoms with Crippen LogP contribution in [0.3, 0.4) is 0 Å². The number of carbonyl (C=O) groups excluding carboxylic acids is 1. The summed E-state index contributed by atoms with van der Waals surface area (Å²) in [5.41, 5.74) is 0.902. The van der Waals surface area contributed by atoms with E-state index in [1.165, 1.54) is 12.1 Å². The molecular weight excluding hydrogens is 411 g/mol. The van der Waals surface area contributed by atoms with E-state index in [0.29, 0.717) is 26.1 Å². The van der Waals surface area contributed by atoms with Crippen LogP contribution >= 0.6 is 0 Å². The van der Waals surface area contributed by atoms with Crippen LogP contribution in [0.2, 0.25) is 0 Å². The molecule has 9 heteroatoms. The summed E-state index contributed by atoms with van der Waals surface area (Å²) in [5.74, 6) is 0.550. The molecule has 2 aromatic rings. The lowest BCUT2D eigenvalue weighted by Crippen LogP contribution is -2.46. The van der Waals surface area contributed by atoms with Crippen LogP contribution in [0.1, 0.15) is 42.3 Å². The van der Waals surface area contributed by atoms with Gasteiger partial charge in [0.25, 0.3) is 0 Å². The summed E-state index contributed by atoms with van der Waals surface area (Å²) in [6.45, 7) is 1.80. The fraction of sp³-hybridized carbons (Fsp3) is 0.545. The minimum absolute atomic E-state index is 0.158. The monoisotopic (exact) mass is 437 g/mol. The van der Waals surface area contributed by atoms with Gasteiger partial charge in [0.15, 0.2) is 0 Å². The molecule has 4 rings (SSSR count). The van der Waals surface area contributed by atoms with Crippen molar-refractivity contribution in [2.75, 3.05) is 26.3 Å². The van der Waals surface area contributed by atoms with Gasteiger partial charge in [0.1, 0.15) is 11.9 Å². The Labute approximate surface area is 178 Å². The predicted octanol–water partition coefficient (Wildman–Crippen LogP) is 3.76. The van der Waals surface area contributed by atoms with E-state index in [1.54, 1.807) is 4.68 Å². The highest BCUT2D eigenvalue weighted by atomic mass is 19.4. The second kappa shape index (κ2) is 8.90. The van der Waals surface area contributed by atoms with E-state index in [4.69, 9.17) is 9.47 Å². The first kappa shape index (κ1) is 21.7. The number of carbonyl (C=O) groups is 1. The van der Waals surface area contributed by atoms with E-state index < -0.39 is 11.7 Å². The maximum atomic E-state index is 12.8. The summed E-state index contributed by atoms with van der Waals surface area (Å²) in [4.78, 5) is 14.4. The standard InChI is InChI=1S/C22H26F3N3O3/c1-27-17(8-10-30-18-7-3-6-16(12-18)22(23,24)25)13-19(26-27)20-14-28(9-11-31-20)21(29)15-4-2-5-15/h3,6-7,12-13,15,20H,2,4-5,8-11,14H2,1H3/t20-/m1/s1. The number of hydrogen-bond acceptors (Lipinski definition) is 4. The molecule has 2 heterocycles. The average Bonchev–Trinajstić information content (AvgIpc) is 3.07. The van der Waals surface area contributed by atoms with Gasteiger partial charge in [-0.15, -0.1) is 0 Å². The van der Waals surface area contributed by atoms with Crippen molar-refractivity contribution >= 4 is 5.91 Å². The smallest absolute Gasteiger partial charge is 0.416 e. The van der Waals surface area contributed by atoms with Crippen molar-refractivity contribution in [3.05, 3.63) is 47.3 Å². The van der Waals surface area contributed by atoms with Crippen LogP contribution < -0.4 is 4.74 Å². The number of nitrogens with zero attached hydrogens (tertiary/aromatic N) is 3. The number of hydrogen-bond donors (Lipinski definition) is 0. The molecular formula is C22H26F3N3O3. The Morgan fingerprint density at radius 1 is 1.29 bits per heavy atom. The summed E-state index contributed by atoms with van der Waals surface area (Å²) in [5, 5.41) is 4.53. The lowest BCUT2D eigenvalue weighted by Gasteiger charge is -2.36. The Kier molecular flexibility index (Phi) is 6.22. The van der Waals surface area contributed by atoms with E-state index in [2.05, 4.69) is 5.10 Å². The molecule has 31 heavy (non-hydrogen) atoms. The molecule has 1 aliphatic heterocycles. The highest BCUT2D eigenvalue weighted by Gasteiger charge is 2.34. The quantitative estimate of drug-likeness (QED) is 0.691. The van der Waals surface area contributed by atoms with Crippen molar-refractivity contribution < 1.29 is 27.4 Å². The van der Waals surface area contributed by atoms with Gasteiger partial charge in [-0.05, 0) is 37.1 Å². The third-order valence-electron chi connectivity index (χ3n) is 5.95. The molecule has 2 aliphatic rings. The van der Waals surface area contributed by atoms with Crippen LogP contribution in [-0.2, 0) is 29.2 Å². The van der Waals surface area contributed by atoms with E-state index in [-0.39, 0.29) is 30.3 Å². The van der Waals surface area contributed by atoms with Gasteiger partial charge >= 0.3 is 6.18 Å². The Bertz CT molecular complexity index is 924. The molecule has 1 aliphatic carbocycles. The molecule has 0 N–H and O–H groups in total. The molecule has 0 bridgehead atoms. The zero-order chi connectivity index (χ0) is 22.0. The number of rotatable bonds is 6. The van der Waals surface area contributed by atoms with Gasteiger partial charge in [0, 0.05) is 31.6 Å².